The maximum atomic E-state index is 10.5. The van der Waals surface area contributed by atoms with E-state index in [0.29, 0.717) is 6.54 Å². The van der Waals surface area contributed by atoms with Gasteiger partial charge in [0.25, 0.3) is 0 Å². The Hall–Kier alpha value is -1.51. The summed E-state index contributed by atoms with van der Waals surface area (Å²) in [6.45, 7) is 2.06. The number of amides is 1. The molecule has 3 N–H and O–H groups in total. The Labute approximate surface area is 71.6 Å². The van der Waals surface area contributed by atoms with Crippen LogP contribution in [0.25, 0.3) is 0 Å². The molecule has 0 aliphatic heterocycles. The van der Waals surface area contributed by atoms with Gasteiger partial charge in [0.15, 0.2) is 0 Å². The fraction of sp³-hybridized carbons (Fsp3) is 0.222. The van der Waals surface area contributed by atoms with Crippen LogP contribution in [0.4, 0.5) is 5.69 Å². The predicted octanol–water partition coefficient (Wildman–Crippen LogP) is 0.905. The lowest BCUT2D eigenvalue weighted by Gasteiger charge is -2.01. The van der Waals surface area contributed by atoms with Crippen molar-refractivity contribution in [1.82, 2.24) is 5.32 Å². The molecule has 0 aromatic heterocycles. The number of anilines is 1. The topological polar surface area (TPSA) is 55.1 Å². The van der Waals surface area contributed by atoms with Crippen LogP contribution < -0.4 is 11.1 Å². The molecular weight excluding hydrogens is 152 g/mol. The molecule has 0 atom stereocenters. The van der Waals surface area contributed by atoms with Crippen molar-refractivity contribution in [2.75, 3.05) is 5.73 Å². The van der Waals surface area contributed by atoms with Gasteiger partial charge in [-0.3, -0.25) is 4.79 Å². The quantitative estimate of drug-likeness (QED) is 0.638. The Bertz CT molecular complexity index is 266. The van der Waals surface area contributed by atoms with Crippen molar-refractivity contribution in [3.05, 3.63) is 29.8 Å². The van der Waals surface area contributed by atoms with Gasteiger partial charge in [0.1, 0.15) is 0 Å². The molecule has 0 saturated carbocycles. The number of carbonyl (C=O) groups excluding carboxylic acids is 1. The minimum Gasteiger partial charge on any atom is -0.399 e. The first kappa shape index (κ1) is 8.59. The van der Waals surface area contributed by atoms with Gasteiger partial charge in [-0.2, -0.15) is 0 Å². The Morgan fingerprint density at radius 2 is 2.00 bits per heavy atom. The zero-order chi connectivity index (χ0) is 8.97. The van der Waals surface area contributed by atoms with Gasteiger partial charge in [0.2, 0.25) is 5.91 Å². The third-order valence-corrected chi connectivity index (χ3v) is 1.52. The van der Waals surface area contributed by atoms with E-state index in [2.05, 4.69) is 5.32 Å². The van der Waals surface area contributed by atoms with Gasteiger partial charge < -0.3 is 11.1 Å². The lowest BCUT2D eigenvalue weighted by atomic mass is 10.2. The fourth-order valence-electron chi connectivity index (χ4n) is 0.862. The zero-order valence-corrected chi connectivity index (χ0v) is 7.00. The van der Waals surface area contributed by atoms with Crippen LogP contribution in [0.3, 0.4) is 0 Å². The smallest absolute Gasteiger partial charge is 0.217 e. The average Bonchev–Trinajstić information content (AvgIpc) is 2.03. The summed E-state index contributed by atoms with van der Waals surface area (Å²) in [6, 6.07) is 7.42. The molecule has 1 amide bonds. The SMILES string of the molecule is CC(=O)NCc1ccc(N)cc1. The van der Waals surface area contributed by atoms with Crippen molar-refractivity contribution in [1.29, 1.82) is 0 Å². The third kappa shape index (κ3) is 2.62. The van der Waals surface area contributed by atoms with Crippen molar-refractivity contribution in [3.63, 3.8) is 0 Å². The molecule has 3 heteroatoms. The van der Waals surface area contributed by atoms with E-state index >= 15 is 0 Å². The molecule has 0 spiro atoms. The van der Waals surface area contributed by atoms with Gasteiger partial charge in [-0.05, 0) is 17.7 Å². The molecule has 1 rings (SSSR count). The highest BCUT2D eigenvalue weighted by Gasteiger charge is 1.93. The second kappa shape index (κ2) is 3.76. The number of hydrogen-bond acceptors (Lipinski definition) is 2. The maximum absolute atomic E-state index is 10.5. The molecule has 0 fully saturated rings. The molecule has 1 aromatic rings. The van der Waals surface area contributed by atoms with E-state index in [1.807, 2.05) is 24.3 Å². The number of rotatable bonds is 2. The summed E-state index contributed by atoms with van der Waals surface area (Å²) in [5, 5.41) is 2.70. The van der Waals surface area contributed by atoms with Gasteiger partial charge in [-0.25, -0.2) is 0 Å². The number of nitrogens with two attached hydrogens (primary N) is 1. The van der Waals surface area contributed by atoms with Crippen LogP contribution in [0.5, 0.6) is 0 Å². The molecule has 0 aliphatic carbocycles. The summed E-state index contributed by atoms with van der Waals surface area (Å²) in [5.74, 6) is -0.0215. The molecule has 3 nitrogen and oxygen atoms in total. The molecule has 0 unspecified atom stereocenters. The first-order valence-corrected chi connectivity index (χ1v) is 3.77. The molecule has 0 aliphatic rings. The van der Waals surface area contributed by atoms with Crippen molar-refractivity contribution in [2.24, 2.45) is 0 Å². The van der Waals surface area contributed by atoms with Gasteiger partial charge in [0, 0.05) is 19.2 Å². The number of nitrogen functional groups attached to an aromatic ring is 1. The Morgan fingerprint density at radius 1 is 1.42 bits per heavy atom. The van der Waals surface area contributed by atoms with Crippen LogP contribution in [0.2, 0.25) is 0 Å². The summed E-state index contributed by atoms with van der Waals surface area (Å²) in [7, 11) is 0. The highest BCUT2D eigenvalue weighted by molar-refractivity contribution is 5.72. The molecule has 0 radical (unpaired) electrons. The van der Waals surface area contributed by atoms with Crippen molar-refractivity contribution >= 4 is 11.6 Å². The molecule has 0 heterocycles. The van der Waals surface area contributed by atoms with Crippen LogP contribution in [0, 0.1) is 0 Å². The maximum Gasteiger partial charge on any atom is 0.217 e. The minimum atomic E-state index is -0.0215. The van der Waals surface area contributed by atoms with Crippen LogP contribution in [-0.2, 0) is 11.3 Å². The number of nitrogens with one attached hydrogen (secondary N) is 1. The van der Waals surface area contributed by atoms with E-state index in [9.17, 15) is 4.79 Å². The summed E-state index contributed by atoms with van der Waals surface area (Å²) >= 11 is 0. The zero-order valence-electron chi connectivity index (χ0n) is 7.00. The van der Waals surface area contributed by atoms with E-state index in [0.717, 1.165) is 11.3 Å². The van der Waals surface area contributed by atoms with Crippen molar-refractivity contribution in [2.45, 2.75) is 13.5 Å². The summed E-state index contributed by atoms with van der Waals surface area (Å²) in [6.07, 6.45) is 0. The van der Waals surface area contributed by atoms with Crippen LogP contribution in [0.15, 0.2) is 24.3 Å². The molecule has 12 heavy (non-hydrogen) atoms. The second-order valence-corrected chi connectivity index (χ2v) is 2.65. The Morgan fingerprint density at radius 3 is 2.50 bits per heavy atom. The fourth-order valence-corrected chi connectivity index (χ4v) is 0.862. The molecule has 0 saturated heterocycles. The van der Waals surface area contributed by atoms with E-state index in [4.69, 9.17) is 5.73 Å². The normalized spacial score (nSPS) is 9.42. The molecular formula is C9H12N2O. The summed E-state index contributed by atoms with van der Waals surface area (Å²) in [5.41, 5.74) is 7.29. The van der Waals surface area contributed by atoms with Crippen LogP contribution in [-0.4, -0.2) is 5.91 Å². The minimum absolute atomic E-state index is 0.0215. The Kier molecular flexibility index (Phi) is 2.69. The summed E-state index contributed by atoms with van der Waals surface area (Å²) < 4.78 is 0. The Balaban J connectivity index is 2.53. The highest BCUT2D eigenvalue weighted by Crippen LogP contribution is 2.04. The lowest BCUT2D eigenvalue weighted by Crippen LogP contribution is -2.18. The van der Waals surface area contributed by atoms with Gasteiger partial charge in [0.05, 0.1) is 0 Å². The van der Waals surface area contributed by atoms with Crippen LogP contribution in [0.1, 0.15) is 12.5 Å². The van der Waals surface area contributed by atoms with Crippen LogP contribution >= 0.6 is 0 Å². The van der Waals surface area contributed by atoms with Gasteiger partial charge in [-0.15, -0.1) is 0 Å². The van der Waals surface area contributed by atoms with Gasteiger partial charge >= 0.3 is 0 Å². The first-order valence-electron chi connectivity index (χ1n) is 3.77. The number of carbonyl (C=O) groups is 1. The average molecular weight is 164 g/mol. The third-order valence-electron chi connectivity index (χ3n) is 1.52. The number of hydrogen-bond donors (Lipinski definition) is 2. The van der Waals surface area contributed by atoms with Crippen molar-refractivity contribution in [3.8, 4) is 0 Å². The number of benzene rings is 1. The van der Waals surface area contributed by atoms with E-state index in [-0.39, 0.29) is 5.91 Å². The standard InChI is InChI=1S/C9H12N2O/c1-7(12)11-6-8-2-4-9(10)5-3-8/h2-5H,6,10H2,1H3,(H,11,12). The monoisotopic (exact) mass is 164 g/mol. The van der Waals surface area contributed by atoms with E-state index in [1.54, 1.807) is 0 Å². The van der Waals surface area contributed by atoms with E-state index < -0.39 is 0 Å². The summed E-state index contributed by atoms with van der Waals surface area (Å²) in [4.78, 5) is 10.5. The molecule has 0 bridgehead atoms. The second-order valence-electron chi connectivity index (χ2n) is 2.65. The molecule has 64 valence electrons. The van der Waals surface area contributed by atoms with Gasteiger partial charge in [-0.1, -0.05) is 12.1 Å². The largest absolute Gasteiger partial charge is 0.399 e. The highest BCUT2D eigenvalue weighted by atomic mass is 16.1. The first-order chi connectivity index (χ1) is 5.68. The van der Waals surface area contributed by atoms with Crippen molar-refractivity contribution < 1.29 is 4.79 Å². The van der Waals surface area contributed by atoms with E-state index in [1.165, 1.54) is 6.92 Å². The predicted molar refractivity (Wildman–Crippen MR) is 48.4 cm³/mol. The lowest BCUT2D eigenvalue weighted by molar-refractivity contribution is -0.119. The molecule has 1 aromatic carbocycles.